The topological polar surface area (TPSA) is 66.6 Å². The average Bonchev–Trinajstić information content (AvgIpc) is 3.06. The van der Waals surface area contributed by atoms with Crippen LogP contribution in [0.1, 0.15) is 18.4 Å². The Kier molecular flexibility index (Phi) is 3.92. The van der Waals surface area contributed by atoms with Crippen LogP contribution in [0.3, 0.4) is 0 Å². The molecule has 2 heterocycles. The van der Waals surface area contributed by atoms with Crippen LogP contribution in [0.5, 0.6) is 0 Å². The molecule has 1 unspecified atom stereocenters. The molecule has 1 aromatic rings. The second kappa shape index (κ2) is 5.85. The van der Waals surface area contributed by atoms with Crippen molar-refractivity contribution in [3.8, 4) is 0 Å². The Balaban J connectivity index is 1.60. The van der Waals surface area contributed by atoms with E-state index in [0.717, 1.165) is 18.5 Å². The SMILES string of the molecule is N[C@@H]1CCN(C(=O)C2CC(=O)N(Cc3ccccc3)C2)C1. The molecule has 0 spiro atoms. The smallest absolute Gasteiger partial charge is 0.228 e. The fourth-order valence-corrected chi connectivity index (χ4v) is 3.14. The molecule has 2 N–H and O–H groups in total. The van der Waals surface area contributed by atoms with Crippen LogP contribution in [0, 0.1) is 5.92 Å². The number of carbonyl (C=O) groups excluding carboxylic acids is 2. The van der Waals surface area contributed by atoms with E-state index in [9.17, 15) is 9.59 Å². The van der Waals surface area contributed by atoms with E-state index < -0.39 is 0 Å². The second-order valence-corrected chi connectivity index (χ2v) is 5.99. The molecule has 1 aromatic carbocycles. The predicted molar refractivity (Wildman–Crippen MR) is 79.1 cm³/mol. The quantitative estimate of drug-likeness (QED) is 0.885. The maximum absolute atomic E-state index is 12.4. The van der Waals surface area contributed by atoms with E-state index in [-0.39, 0.29) is 23.8 Å². The molecule has 3 rings (SSSR count). The van der Waals surface area contributed by atoms with Gasteiger partial charge < -0.3 is 15.5 Å². The summed E-state index contributed by atoms with van der Waals surface area (Å²) in [6, 6.07) is 9.97. The van der Waals surface area contributed by atoms with Gasteiger partial charge in [0.05, 0.1) is 5.92 Å². The zero-order valence-corrected chi connectivity index (χ0v) is 12.1. The summed E-state index contributed by atoms with van der Waals surface area (Å²) in [5, 5.41) is 0. The number of nitrogens with two attached hydrogens (primary N) is 1. The van der Waals surface area contributed by atoms with Crippen LogP contribution >= 0.6 is 0 Å². The molecule has 2 saturated heterocycles. The number of benzene rings is 1. The second-order valence-electron chi connectivity index (χ2n) is 5.99. The number of rotatable bonds is 3. The van der Waals surface area contributed by atoms with E-state index in [2.05, 4.69) is 0 Å². The van der Waals surface area contributed by atoms with Gasteiger partial charge in [0.1, 0.15) is 0 Å². The van der Waals surface area contributed by atoms with Gasteiger partial charge in [0.25, 0.3) is 0 Å². The van der Waals surface area contributed by atoms with Gasteiger partial charge in [0.2, 0.25) is 11.8 Å². The van der Waals surface area contributed by atoms with Crippen molar-refractivity contribution in [2.45, 2.75) is 25.4 Å². The Hall–Kier alpha value is -1.88. The molecule has 0 aliphatic carbocycles. The molecular formula is C16H21N3O2. The summed E-state index contributed by atoms with van der Waals surface area (Å²) in [7, 11) is 0. The van der Waals surface area contributed by atoms with E-state index in [1.807, 2.05) is 35.2 Å². The molecule has 0 bridgehead atoms. The third-order valence-corrected chi connectivity index (χ3v) is 4.32. The first kappa shape index (κ1) is 14.1. The Bertz CT molecular complexity index is 532. The van der Waals surface area contributed by atoms with Gasteiger partial charge in [0, 0.05) is 38.6 Å². The highest BCUT2D eigenvalue weighted by Crippen LogP contribution is 2.23. The highest BCUT2D eigenvalue weighted by molar-refractivity contribution is 5.89. The van der Waals surface area contributed by atoms with E-state index in [0.29, 0.717) is 26.1 Å². The van der Waals surface area contributed by atoms with Crippen molar-refractivity contribution in [1.82, 2.24) is 9.80 Å². The minimum atomic E-state index is -0.202. The fourth-order valence-electron chi connectivity index (χ4n) is 3.14. The monoisotopic (exact) mass is 287 g/mol. The highest BCUT2D eigenvalue weighted by atomic mass is 16.2. The summed E-state index contributed by atoms with van der Waals surface area (Å²) < 4.78 is 0. The molecule has 2 aliphatic rings. The molecule has 112 valence electrons. The van der Waals surface area contributed by atoms with Crippen LogP contribution in [0.15, 0.2) is 30.3 Å². The predicted octanol–water partition coefficient (Wildman–Crippen LogP) is 0.595. The molecule has 2 fully saturated rings. The summed E-state index contributed by atoms with van der Waals surface area (Å²) in [6.45, 7) is 2.47. The van der Waals surface area contributed by atoms with Crippen molar-refractivity contribution in [1.29, 1.82) is 0 Å². The Labute approximate surface area is 124 Å². The van der Waals surface area contributed by atoms with Gasteiger partial charge in [-0.05, 0) is 12.0 Å². The Morgan fingerprint density at radius 1 is 1.24 bits per heavy atom. The molecule has 0 saturated carbocycles. The fraction of sp³-hybridized carbons (Fsp3) is 0.500. The number of likely N-dealkylation sites (tertiary alicyclic amines) is 2. The molecule has 0 aromatic heterocycles. The van der Waals surface area contributed by atoms with Crippen molar-refractivity contribution in [3.63, 3.8) is 0 Å². The normalized spacial score (nSPS) is 25.7. The molecule has 2 atom stereocenters. The van der Waals surface area contributed by atoms with Crippen molar-refractivity contribution < 1.29 is 9.59 Å². The molecule has 5 heteroatoms. The van der Waals surface area contributed by atoms with Crippen LogP contribution in [-0.2, 0) is 16.1 Å². The molecular weight excluding hydrogens is 266 g/mol. The molecule has 2 amide bonds. The molecule has 2 aliphatic heterocycles. The molecule has 0 radical (unpaired) electrons. The first-order valence-corrected chi connectivity index (χ1v) is 7.49. The third kappa shape index (κ3) is 3.08. The number of hydrogen-bond acceptors (Lipinski definition) is 3. The maximum atomic E-state index is 12.4. The van der Waals surface area contributed by atoms with Gasteiger partial charge in [-0.25, -0.2) is 0 Å². The lowest BCUT2D eigenvalue weighted by molar-refractivity contribution is -0.134. The Morgan fingerprint density at radius 2 is 2.00 bits per heavy atom. The largest absolute Gasteiger partial charge is 0.341 e. The van der Waals surface area contributed by atoms with E-state index >= 15 is 0 Å². The van der Waals surface area contributed by atoms with Crippen LogP contribution < -0.4 is 5.73 Å². The van der Waals surface area contributed by atoms with Gasteiger partial charge in [-0.1, -0.05) is 30.3 Å². The minimum absolute atomic E-state index is 0.0701. The van der Waals surface area contributed by atoms with Crippen molar-refractivity contribution in [2.75, 3.05) is 19.6 Å². The average molecular weight is 287 g/mol. The Morgan fingerprint density at radius 3 is 2.67 bits per heavy atom. The standard InChI is InChI=1S/C16H21N3O2/c17-14-6-7-18(11-14)16(21)13-8-15(20)19(10-13)9-12-4-2-1-3-5-12/h1-5,13-14H,6-11,17H2/t13?,14-/m1/s1. The zero-order chi connectivity index (χ0) is 14.8. The lowest BCUT2D eigenvalue weighted by atomic mass is 10.1. The van der Waals surface area contributed by atoms with Crippen molar-refractivity contribution in [2.24, 2.45) is 11.7 Å². The number of carbonyl (C=O) groups is 2. The maximum Gasteiger partial charge on any atom is 0.228 e. The number of nitrogens with zero attached hydrogens (tertiary/aromatic N) is 2. The van der Waals surface area contributed by atoms with Crippen LogP contribution in [-0.4, -0.2) is 47.3 Å². The minimum Gasteiger partial charge on any atom is -0.341 e. The van der Waals surface area contributed by atoms with Crippen LogP contribution in [0.2, 0.25) is 0 Å². The zero-order valence-electron chi connectivity index (χ0n) is 12.1. The van der Waals surface area contributed by atoms with Gasteiger partial charge in [-0.2, -0.15) is 0 Å². The van der Waals surface area contributed by atoms with Gasteiger partial charge in [0.15, 0.2) is 0 Å². The number of amides is 2. The van der Waals surface area contributed by atoms with E-state index in [1.54, 1.807) is 4.90 Å². The van der Waals surface area contributed by atoms with Crippen LogP contribution in [0.25, 0.3) is 0 Å². The highest BCUT2D eigenvalue weighted by Gasteiger charge is 2.37. The first-order valence-electron chi connectivity index (χ1n) is 7.49. The van der Waals surface area contributed by atoms with Gasteiger partial charge in [-0.3, -0.25) is 9.59 Å². The van der Waals surface area contributed by atoms with E-state index in [4.69, 9.17) is 5.73 Å². The van der Waals surface area contributed by atoms with Crippen molar-refractivity contribution in [3.05, 3.63) is 35.9 Å². The van der Waals surface area contributed by atoms with Gasteiger partial charge in [-0.15, -0.1) is 0 Å². The summed E-state index contributed by atoms with van der Waals surface area (Å²) in [6.07, 6.45) is 1.19. The molecule has 21 heavy (non-hydrogen) atoms. The lowest BCUT2D eigenvalue weighted by Crippen LogP contribution is -2.37. The summed E-state index contributed by atoms with van der Waals surface area (Å²) in [5.74, 6) is -0.0425. The lowest BCUT2D eigenvalue weighted by Gasteiger charge is -2.20. The summed E-state index contributed by atoms with van der Waals surface area (Å²) in [4.78, 5) is 28.1. The van der Waals surface area contributed by atoms with Crippen molar-refractivity contribution >= 4 is 11.8 Å². The molecule has 5 nitrogen and oxygen atoms in total. The third-order valence-electron chi connectivity index (χ3n) is 4.32. The van der Waals surface area contributed by atoms with Gasteiger partial charge >= 0.3 is 0 Å². The summed E-state index contributed by atoms with van der Waals surface area (Å²) >= 11 is 0. The number of hydrogen-bond donors (Lipinski definition) is 1. The van der Waals surface area contributed by atoms with E-state index in [1.165, 1.54) is 0 Å². The van der Waals surface area contributed by atoms with Crippen LogP contribution in [0.4, 0.5) is 0 Å². The summed E-state index contributed by atoms with van der Waals surface area (Å²) in [5.41, 5.74) is 6.95. The first-order chi connectivity index (χ1) is 10.1.